The van der Waals surface area contributed by atoms with Crippen molar-refractivity contribution < 1.29 is 5.11 Å². The fourth-order valence-electron chi connectivity index (χ4n) is 2.89. The molecule has 108 valence electrons. The molecule has 3 rings (SSSR count). The summed E-state index contributed by atoms with van der Waals surface area (Å²) in [6.45, 7) is 3.52. The van der Waals surface area contributed by atoms with Gasteiger partial charge in [-0.1, -0.05) is 19.1 Å². The number of β-amino-alcohol motifs (C(OH)–C–C–N with tert-alkyl or cyclic N) is 1. The third kappa shape index (κ3) is 2.70. The van der Waals surface area contributed by atoms with Gasteiger partial charge in [-0.2, -0.15) is 5.26 Å². The number of benzene rings is 1. The molecule has 1 aliphatic heterocycles. The van der Waals surface area contributed by atoms with Crippen molar-refractivity contribution in [3.05, 3.63) is 35.4 Å². The van der Waals surface area contributed by atoms with Crippen LogP contribution in [0.15, 0.2) is 24.3 Å². The quantitative estimate of drug-likeness (QED) is 0.919. The van der Waals surface area contributed by atoms with Gasteiger partial charge < -0.3 is 10.0 Å². The van der Waals surface area contributed by atoms with Crippen molar-refractivity contribution >= 4 is 16.7 Å². The van der Waals surface area contributed by atoms with Gasteiger partial charge in [-0.25, -0.2) is 4.98 Å². The molecule has 21 heavy (non-hydrogen) atoms. The molecule has 0 aliphatic carbocycles. The lowest BCUT2D eigenvalue weighted by molar-refractivity contribution is 0.154. The van der Waals surface area contributed by atoms with Crippen molar-refractivity contribution in [3.8, 4) is 6.07 Å². The third-order valence-electron chi connectivity index (χ3n) is 4.09. The second kappa shape index (κ2) is 5.71. The van der Waals surface area contributed by atoms with Crippen LogP contribution in [0.4, 0.5) is 5.82 Å². The molecule has 1 aromatic heterocycles. The van der Waals surface area contributed by atoms with Crippen molar-refractivity contribution in [2.45, 2.75) is 32.3 Å². The van der Waals surface area contributed by atoms with E-state index >= 15 is 0 Å². The topological polar surface area (TPSA) is 60.2 Å². The molecule has 0 amide bonds. The molecule has 1 fully saturated rings. The molecule has 1 aromatic carbocycles. The molecule has 4 heteroatoms. The smallest absolute Gasteiger partial charge is 0.147 e. The maximum Gasteiger partial charge on any atom is 0.147 e. The zero-order valence-electron chi connectivity index (χ0n) is 12.2. The molecule has 0 bridgehead atoms. The minimum absolute atomic E-state index is 0.329. The molecule has 0 spiro atoms. The first-order valence-corrected chi connectivity index (χ1v) is 7.48. The average Bonchev–Trinajstić information content (AvgIpc) is 2.53. The predicted molar refractivity (Wildman–Crippen MR) is 83.3 cm³/mol. The molecule has 1 saturated heterocycles. The highest BCUT2D eigenvalue weighted by Gasteiger charge is 2.21. The van der Waals surface area contributed by atoms with Crippen LogP contribution in [-0.2, 0) is 6.42 Å². The van der Waals surface area contributed by atoms with Gasteiger partial charge in [0.2, 0.25) is 0 Å². The molecule has 2 heterocycles. The Kier molecular flexibility index (Phi) is 3.76. The van der Waals surface area contributed by atoms with E-state index in [4.69, 9.17) is 4.98 Å². The van der Waals surface area contributed by atoms with Gasteiger partial charge in [-0.05, 0) is 37.0 Å². The first kappa shape index (κ1) is 13.8. The Morgan fingerprint density at radius 3 is 3.00 bits per heavy atom. The van der Waals surface area contributed by atoms with Crippen LogP contribution in [-0.4, -0.2) is 29.3 Å². The van der Waals surface area contributed by atoms with Gasteiger partial charge >= 0.3 is 0 Å². The summed E-state index contributed by atoms with van der Waals surface area (Å²) in [5, 5.41) is 20.2. The van der Waals surface area contributed by atoms with Gasteiger partial charge in [-0.15, -0.1) is 0 Å². The van der Waals surface area contributed by atoms with Crippen molar-refractivity contribution in [3.63, 3.8) is 0 Å². The van der Waals surface area contributed by atoms with Crippen molar-refractivity contribution in [2.75, 3.05) is 18.0 Å². The van der Waals surface area contributed by atoms with E-state index in [0.29, 0.717) is 17.9 Å². The number of pyridine rings is 1. The van der Waals surface area contributed by atoms with E-state index in [9.17, 15) is 10.4 Å². The second-order valence-electron chi connectivity index (χ2n) is 5.59. The number of aliphatic hydroxyl groups is 1. The largest absolute Gasteiger partial charge is 0.391 e. The Bertz CT molecular complexity index is 705. The number of hydrogen-bond donors (Lipinski definition) is 1. The number of hydrogen-bond acceptors (Lipinski definition) is 4. The lowest BCUT2D eigenvalue weighted by Gasteiger charge is -2.31. The van der Waals surface area contributed by atoms with Crippen LogP contribution in [0.2, 0.25) is 0 Å². The second-order valence-corrected chi connectivity index (χ2v) is 5.59. The number of aryl methyl sites for hydroxylation is 1. The van der Waals surface area contributed by atoms with Crippen LogP contribution in [0.5, 0.6) is 0 Å². The Balaban J connectivity index is 2.09. The molecule has 1 aliphatic rings. The van der Waals surface area contributed by atoms with Gasteiger partial charge in [0.05, 0.1) is 17.2 Å². The molecule has 0 radical (unpaired) electrons. The predicted octanol–water partition coefficient (Wildman–Crippen LogP) is 2.63. The normalized spacial score (nSPS) is 18.7. The Hall–Kier alpha value is -2.12. The van der Waals surface area contributed by atoms with Crippen LogP contribution in [0.3, 0.4) is 0 Å². The zero-order valence-corrected chi connectivity index (χ0v) is 12.2. The third-order valence-corrected chi connectivity index (χ3v) is 4.09. The minimum Gasteiger partial charge on any atom is -0.391 e. The van der Waals surface area contributed by atoms with E-state index < -0.39 is 0 Å². The standard InChI is InChI=1S/C17H19N3O/c1-2-12-5-6-13-9-14(10-18)17(19-16(13)8-12)20-7-3-4-15(21)11-20/h5-6,8-9,15,21H,2-4,7,11H2,1H3. The first-order chi connectivity index (χ1) is 10.2. The summed E-state index contributed by atoms with van der Waals surface area (Å²) in [5.74, 6) is 0.706. The van der Waals surface area contributed by atoms with Gasteiger partial charge in [-0.3, -0.25) is 0 Å². The summed E-state index contributed by atoms with van der Waals surface area (Å²) in [6, 6.07) is 10.3. The van der Waals surface area contributed by atoms with Gasteiger partial charge in [0.1, 0.15) is 11.9 Å². The number of rotatable bonds is 2. The highest BCUT2D eigenvalue weighted by atomic mass is 16.3. The van der Waals surface area contributed by atoms with E-state index in [1.165, 1.54) is 5.56 Å². The molecule has 0 saturated carbocycles. The van der Waals surface area contributed by atoms with Crippen LogP contribution in [0.25, 0.3) is 10.9 Å². The minimum atomic E-state index is -0.329. The Morgan fingerprint density at radius 1 is 1.43 bits per heavy atom. The summed E-state index contributed by atoms with van der Waals surface area (Å²) in [4.78, 5) is 6.74. The maximum absolute atomic E-state index is 9.85. The first-order valence-electron chi connectivity index (χ1n) is 7.48. The number of nitrogens with zero attached hydrogens (tertiary/aromatic N) is 3. The maximum atomic E-state index is 9.85. The summed E-state index contributed by atoms with van der Waals surface area (Å²) < 4.78 is 0. The lowest BCUT2D eigenvalue weighted by Crippen LogP contribution is -2.39. The Labute approximate surface area is 124 Å². The van der Waals surface area contributed by atoms with Crippen LogP contribution < -0.4 is 4.90 Å². The van der Waals surface area contributed by atoms with E-state index in [-0.39, 0.29) is 6.10 Å². The van der Waals surface area contributed by atoms with Gasteiger partial charge in [0.25, 0.3) is 0 Å². The molecular formula is C17H19N3O. The van der Waals surface area contributed by atoms with Crippen LogP contribution >= 0.6 is 0 Å². The van der Waals surface area contributed by atoms with Crippen LogP contribution in [0, 0.1) is 11.3 Å². The van der Waals surface area contributed by atoms with Crippen molar-refractivity contribution in [2.24, 2.45) is 0 Å². The fraction of sp³-hybridized carbons (Fsp3) is 0.412. The molecule has 1 unspecified atom stereocenters. The number of nitriles is 1. The van der Waals surface area contributed by atoms with E-state index in [1.54, 1.807) is 0 Å². The monoisotopic (exact) mass is 281 g/mol. The highest BCUT2D eigenvalue weighted by Crippen LogP contribution is 2.26. The van der Waals surface area contributed by atoms with E-state index in [0.717, 1.165) is 36.7 Å². The molecule has 1 atom stereocenters. The lowest BCUT2D eigenvalue weighted by atomic mass is 10.1. The molecule has 2 aromatic rings. The van der Waals surface area contributed by atoms with Crippen LogP contribution in [0.1, 0.15) is 30.9 Å². The highest BCUT2D eigenvalue weighted by molar-refractivity contribution is 5.83. The number of fused-ring (bicyclic) bond motifs is 1. The Morgan fingerprint density at radius 2 is 2.29 bits per heavy atom. The summed E-state index contributed by atoms with van der Waals surface area (Å²) in [6.07, 6.45) is 2.40. The number of aromatic nitrogens is 1. The number of anilines is 1. The number of piperidine rings is 1. The average molecular weight is 281 g/mol. The van der Waals surface area contributed by atoms with Gasteiger partial charge in [0, 0.05) is 18.5 Å². The zero-order chi connectivity index (χ0) is 14.8. The molecule has 4 nitrogen and oxygen atoms in total. The van der Waals surface area contributed by atoms with E-state index in [1.807, 2.05) is 17.0 Å². The summed E-state index contributed by atoms with van der Waals surface area (Å²) >= 11 is 0. The van der Waals surface area contributed by atoms with Crippen molar-refractivity contribution in [1.82, 2.24) is 4.98 Å². The summed E-state index contributed by atoms with van der Waals surface area (Å²) in [7, 11) is 0. The fourth-order valence-corrected chi connectivity index (χ4v) is 2.89. The number of aliphatic hydroxyl groups excluding tert-OH is 1. The molecule has 1 N–H and O–H groups in total. The van der Waals surface area contributed by atoms with E-state index in [2.05, 4.69) is 25.1 Å². The van der Waals surface area contributed by atoms with Gasteiger partial charge in [0.15, 0.2) is 0 Å². The molecular weight excluding hydrogens is 262 g/mol. The van der Waals surface area contributed by atoms with Crippen molar-refractivity contribution in [1.29, 1.82) is 5.26 Å². The SMILES string of the molecule is CCc1ccc2cc(C#N)c(N3CCCC(O)C3)nc2c1. The summed E-state index contributed by atoms with van der Waals surface area (Å²) in [5.41, 5.74) is 2.74.